The van der Waals surface area contributed by atoms with Gasteiger partial charge in [0.05, 0.1) is 19.9 Å². The van der Waals surface area contributed by atoms with Crippen molar-refractivity contribution in [2.45, 2.75) is 13.8 Å². The molecule has 0 bridgehead atoms. The normalized spacial score (nSPS) is 10.4. The highest BCUT2D eigenvalue weighted by Crippen LogP contribution is 2.33. The number of anilines is 2. The lowest BCUT2D eigenvalue weighted by Crippen LogP contribution is -2.19. The molecule has 2 amide bonds. The van der Waals surface area contributed by atoms with Crippen molar-refractivity contribution in [2.75, 3.05) is 24.9 Å². The minimum Gasteiger partial charge on any atom is -0.493 e. The van der Waals surface area contributed by atoms with Crippen LogP contribution in [-0.4, -0.2) is 25.2 Å². The van der Waals surface area contributed by atoms with E-state index in [1.807, 2.05) is 49.6 Å². The summed E-state index contributed by atoms with van der Waals surface area (Å²) >= 11 is 1.36. The molecule has 0 spiro atoms. The van der Waals surface area contributed by atoms with Crippen molar-refractivity contribution in [2.24, 2.45) is 0 Å². The lowest BCUT2D eigenvalue weighted by Gasteiger charge is -2.08. The van der Waals surface area contributed by atoms with E-state index >= 15 is 0 Å². The van der Waals surface area contributed by atoms with Crippen LogP contribution in [0.3, 0.4) is 0 Å². The Bertz CT molecular complexity index is 949. The van der Waals surface area contributed by atoms with Crippen molar-refractivity contribution in [3.63, 3.8) is 0 Å². The maximum Gasteiger partial charge on any atom is 0.325 e. The first kappa shape index (κ1) is 18.7. The highest BCUT2D eigenvalue weighted by atomic mass is 32.1. The summed E-state index contributed by atoms with van der Waals surface area (Å²) in [7, 11) is 3.18. The Kier molecular flexibility index (Phi) is 5.61. The van der Waals surface area contributed by atoms with Crippen molar-refractivity contribution in [3.8, 4) is 22.8 Å². The predicted octanol–water partition coefficient (Wildman–Crippen LogP) is 5.09. The molecule has 3 aromatic rings. The number of thiazole rings is 1. The number of amides is 2. The topological polar surface area (TPSA) is 72.5 Å². The molecule has 0 aliphatic rings. The number of aromatic nitrogens is 1. The second-order valence-electron chi connectivity index (χ2n) is 6.06. The number of carbonyl (C=O) groups is 1. The Balaban J connectivity index is 1.71. The van der Waals surface area contributed by atoms with Gasteiger partial charge in [0.1, 0.15) is 0 Å². The third kappa shape index (κ3) is 4.57. The zero-order valence-electron chi connectivity index (χ0n) is 15.6. The summed E-state index contributed by atoms with van der Waals surface area (Å²) < 4.78 is 10.6. The van der Waals surface area contributed by atoms with Gasteiger partial charge in [-0.15, -0.1) is 11.3 Å². The molecule has 0 saturated heterocycles. The van der Waals surface area contributed by atoms with Gasteiger partial charge in [0, 0.05) is 16.6 Å². The molecule has 0 atom stereocenters. The maximum absolute atomic E-state index is 12.2. The molecule has 3 rings (SSSR count). The van der Waals surface area contributed by atoms with Crippen LogP contribution in [0.4, 0.5) is 15.6 Å². The number of methoxy groups -OCH3 is 2. The number of ether oxygens (including phenoxy) is 2. The van der Waals surface area contributed by atoms with Crippen molar-refractivity contribution in [1.82, 2.24) is 4.98 Å². The van der Waals surface area contributed by atoms with Gasteiger partial charge in [0.2, 0.25) is 0 Å². The lowest BCUT2D eigenvalue weighted by molar-refractivity contribution is 0.262. The lowest BCUT2D eigenvalue weighted by atomic mass is 10.1. The molecule has 140 valence electrons. The average molecular weight is 383 g/mol. The highest BCUT2D eigenvalue weighted by molar-refractivity contribution is 7.14. The van der Waals surface area contributed by atoms with Gasteiger partial charge in [-0.25, -0.2) is 9.78 Å². The van der Waals surface area contributed by atoms with Gasteiger partial charge < -0.3 is 14.8 Å². The zero-order chi connectivity index (χ0) is 19.4. The van der Waals surface area contributed by atoms with Crippen LogP contribution >= 0.6 is 11.3 Å². The van der Waals surface area contributed by atoms with E-state index in [0.717, 1.165) is 28.1 Å². The molecule has 1 heterocycles. The number of aryl methyl sites for hydroxylation is 2. The van der Waals surface area contributed by atoms with Crippen LogP contribution in [0.2, 0.25) is 0 Å². The van der Waals surface area contributed by atoms with Gasteiger partial charge >= 0.3 is 6.03 Å². The first-order valence-corrected chi connectivity index (χ1v) is 9.20. The fraction of sp³-hybridized carbons (Fsp3) is 0.200. The molecule has 0 fully saturated rings. The Morgan fingerprint density at radius 3 is 2.33 bits per heavy atom. The molecular formula is C20H21N3O3S. The summed E-state index contributed by atoms with van der Waals surface area (Å²) in [4.78, 5) is 16.7. The molecule has 7 heteroatoms. The zero-order valence-corrected chi connectivity index (χ0v) is 16.4. The molecule has 0 saturated carbocycles. The number of hydrogen-bond acceptors (Lipinski definition) is 5. The van der Waals surface area contributed by atoms with Crippen LogP contribution in [-0.2, 0) is 0 Å². The smallest absolute Gasteiger partial charge is 0.325 e. The fourth-order valence-electron chi connectivity index (χ4n) is 2.77. The minimum absolute atomic E-state index is 0.326. The quantitative estimate of drug-likeness (QED) is 0.644. The summed E-state index contributed by atoms with van der Waals surface area (Å²) in [5, 5.41) is 8.00. The van der Waals surface area contributed by atoms with Crippen molar-refractivity contribution >= 4 is 28.2 Å². The standard InChI is InChI=1S/C20H21N3O3S/c1-12-7-13(2)9-15(8-12)21-19(24)23-20-22-16(11-27-20)14-5-6-17(25-3)18(10-14)26-4/h5-11H,1-4H3,(H2,21,22,23,24). The number of nitrogens with one attached hydrogen (secondary N) is 2. The molecule has 0 aliphatic carbocycles. The van der Waals surface area contributed by atoms with E-state index in [-0.39, 0.29) is 6.03 Å². The summed E-state index contributed by atoms with van der Waals surface area (Å²) in [5.41, 5.74) is 4.57. The van der Waals surface area contributed by atoms with E-state index in [1.165, 1.54) is 11.3 Å². The molecule has 27 heavy (non-hydrogen) atoms. The van der Waals surface area contributed by atoms with Gasteiger partial charge in [0.15, 0.2) is 16.6 Å². The third-order valence-corrected chi connectivity index (χ3v) is 4.64. The molecule has 0 aliphatic heterocycles. The summed E-state index contributed by atoms with van der Waals surface area (Å²) in [5.74, 6) is 1.28. The Morgan fingerprint density at radius 2 is 1.67 bits per heavy atom. The monoisotopic (exact) mass is 383 g/mol. The molecule has 1 aromatic heterocycles. The number of rotatable bonds is 5. The second-order valence-corrected chi connectivity index (χ2v) is 6.92. The first-order chi connectivity index (χ1) is 13.0. The van der Waals surface area contributed by atoms with Crippen LogP contribution in [0.25, 0.3) is 11.3 Å². The van der Waals surface area contributed by atoms with E-state index in [2.05, 4.69) is 21.7 Å². The Labute approximate surface area is 162 Å². The van der Waals surface area contributed by atoms with Crippen molar-refractivity contribution in [1.29, 1.82) is 0 Å². The number of urea groups is 1. The summed E-state index contributed by atoms with van der Waals surface area (Å²) in [6, 6.07) is 11.1. The van der Waals surface area contributed by atoms with Crippen molar-refractivity contribution in [3.05, 3.63) is 52.9 Å². The Morgan fingerprint density at radius 1 is 0.963 bits per heavy atom. The van der Waals surface area contributed by atoms with E-state index in [9.17, 15) is 4.79 Å². The van der Waals surface area contributed by atoms with Crippen LogP contribution in [0.1, 0.15) is 11.1 Å². The predicted molar refractivity (Wildman–Crippen MR) is 109 cm³/mol. The first-order valence-electron chi connectivity index (χ1n) is 8.32. The molecule has 2 aromatic carbocycles. The summed E-state index contributed by atoms with van der Waals surface area (Å²) in [6.45, 7) is 3.98. The maximum atomic E-state index is 12.2. The number of nitrogens with zero attached hydrogens (tertiary/aromatic N) is 1. The molecule has 0 unspecified atom stereocenters. The van der Waals surface area contributed by atoms with Crippen LogP contribution in [0, 0.1) is 13.8 Å². The van der Waals surface area contributed by atoms with Gasteiger partial charge in [-0.2, -0.15) is 0 Å². The van der Waals surface area contributed by atoms with E-state index in [4.69, 9.17) is 9.47 Å². The van der Waals surface area contributed by atoms with Crippen LogP contribution in [0.5, 0.6) is 11.5 Å². The number of benzene rings is 2. The fourth-order valence-corrected chi connectivity index (χ4v) is 3.48. The van der Waals surface area contributed by atoms with Crippen molar-refractivity contribution < 1.29 is 14.3 Å². The van der Waals surface area contributed by atoms with Gasteiger partial charge in [-0.1, -0.05) is 6.07 Å². The second kappa shape index (κ2) is 8.09. The number of hydrogen-bond donors (Lipinski definition) is 2. The van der Waals surface area contributed by atoms with E-state index in [1.54, 1.807) is 14.2 Å². The van der Waals surface area contributed by atoms with Gasteiger partial charge in [-0.3, -0.25) is 5.32 Å². The largest absolute Gasteiger partial charge is 0.493 e. The highest BCUT2D eigenvalue weighted by Gasteiger charge is 2.11. The minimum atomic E-state index is -0.326. The van der Waals surface area contributed by atoms with Gasteiger partial charge in [-0.05, 0) is 55.3 Å². The van der Waals surface area contributed by atoms with Gasteiger partial charge in [0.25, 0.3) is 0 Å². The molecule has 0 radical (unpaired) electrons. The van der Waals surface area contributed by atoms with E-state index < -0.39 is 0 Å². The SMILES string of the molecule is COc1ccc(-c2csc(NC(=O)Nc3cc(C)cc(C)c3)n2)cc1OC. The van der Waals surface area contributed by atoms with Crippen LogP contribution < -0.4 is 20.1 Å². The van der Waals surface area contributed by atoms with E-state index in [0.29, 0.717) is 16.6 Å². The third-order valence-electron chi connectivity index (χ3n) is 3.88. The average Bonchev–Trinajstić information content (AvgIpc) is 3.08. The summed E-state index contributed by atoms with van der Waals surface area (Å²) in [6.07, 6.45) is 0. The molecular weight excluding hydrogens is 362 g/mol. The van der Waals surface area contributed by atoms with Crippen LogP contribution in [0.15, 0.2) is 41.8 Å². The molecule has 2 N–H and O–H groups in total. The number of carbonyl (C=O) groups excluding carboxylic acids is 1. The Hall–Kier alpha value is -3.06. The molecule has 6 nitrogen and oxygen atoms in total.